The molecule has 0 bridgehead atoms. The van der Waals surface area contributed by atoms with Crippen LogP contribution in [0.15, 0.2) is 24.3 Å². The van der Waals surface area contributed by atoms with Crippen LogP contribution < -0.4 is 0 Å². The van der Waals surface area contributed by atoms with Gasteiger partial charge in [0.2, 0.25) is 0 Å². The summed E-state index contributed by atoms with van der Waals surface area (Å²) in [4.78, 5) is 13.9. The number of rotatable bonds is 3. The second-order valence-electron chi connectivity index (χ2n) is 4.75. The lowest BCUT2D eigenvalue weighted by atomic mass is 10.1. The van der Waals surface area contributed by atoms with Crippen LogP contribution in [0.4, 0.5) is 0 Å². The van der Waals surface area contributed by atoms with E-state index in [9.17, 15) is 4.79 Å². The van der Waals surface area contributed by atoms with Gasteiger partial charge in [0.1, 0.15) is 6.61 Å². The van der Waals surface area contributed by atoms with Crippen LogP contribution in [0.1, 0.15) is 11.1 Å². The predicted octanol–water partition coefficient (Wildman–Crippen LogP) is 0.404. The second kappa shape index (κ2) is 7.79. The lowest BCUT2D eigenvalue weighted by molar-refractivity contribution is -0.157. The first-order chi connectivity index (χ1) is 10.2. The largest absolute Gasteiger partial charge is 0.384 e. The van der Waals surface area contributed by atoms with Crippen molar-refractivity contribution in [3.8, 4) is 11.8 Å². The van der Waals surface area contributed by atoms with Crippen molar-refractivity contribution >= 4 is 5.91 Å². The minimum absolute atomic E-state index is 0.0976. The summed E-state index contributed by atoms with van der Waals surface area (Å²) in [6.07, 6.45) is -0.528. The molecule has 1 unspecified atom stereocenters. The number of aliphatic hydroxyl groups is 1. The van der Waals surface area contributed by atoms with Crippen molar-refractivity contribution in [1.82, 2.24) is 4.90 Å². The Morgan fingerprint density at radius 3 is 2.95 bits per heavy atom. The number of benzene rings is 1. The number of carbonyl (C=O) groups is 1. The molecule has 1 atom stereocenters. The maximum atomic E-state index is 12.3. The first kappa shape index (κ1) is 15.5. The van der Waals surface area contributed by atoms with Crippen LogP contribution in [0.5, 0.6) is 0 Å². The Labute approximate surface area is 124 Å². The van der Waals surface area contributed by atoms with Gasteiger partial charge in [0.05, 0.1) is 19.8 Å². The smallest absolute Gasteiger partial charge is 0.254 e. The van der Waals surface area contributed by atoms with Crippen LogP contribution >= 0.6 is 0 Å². The van der Waals surface area contributed by atoms with Crippen molar-refractivity contribution in [1.29, 1.82) is 0 Å². The Kier molecular flexibility index (Phi) is 5.76. The highest BCUT2D eigenvalue weighted by Crippen LogP contribution is 2.12. The summed E-state index contributed by atoms with van der Waals surface area (Å²) in [5, 5.41) is 8.79. The van der Waals surface area contributed by atoms with Gasteiger partial charge in [-0.1, -0.05) is 30.0 Å². The molecular formula is C16H19NO4. The molecule has 1 aromatic carbocycles. The number of hydrogen-bond donors (Lipinski definition) is 1. The van der Waals surface area contributed by atoms with Crippen LogP contribution in [0.25, 0.3) is 0 Å². The van der Waals surface area contributed by atoms with E-state index in [4.69, 9.17) is 14.6 Å². The summed E-state index contributed by atoms with van der Waals surface area (Å²) in [6.45, 7) is 1.54. The summed E-state index contributed by atoms with van der Waals surface area (Å²) in [6, 6.07) is 7.57. The monoisotopic (exact) mass is 289 g/mol. The van der Waals surface area contributed by atoms with E-state index >= 15 is 0 Å². The van der Waals surface area contributed by atoms with Crippen molar-refractivity contribution in [2.45, 2.75) is 12.6 Å². The fourth-order valence-electron chi connectivity index (χ4n) is 2.12. The molecule has 1 fully saturated rings. The Morgan fingerprint density at radius 1 is 1.43 bits per heavy atom. The molecular weight excluding hydrogens is 270 g/mol. The van der Waals surface area contributed by atoms with Gasteiger partial charge in [-0.15, -0.1) is 0 Å². The first-order valence-electron chi connectivity index (χ1n) is 6.84. The van der Waals surface area contributed by atoms with Crippen molar-refractivity contribution in [3.63, 3.8) is 0 Å². The van der Waals surface area contributed by atoms with Crippen molar-refractivity contribution in [2.24, 2.45) is 0 Å². The van der Waals surface area contributed by atoms with Crippen molar-refractivity contribution < 1.29 is 19.4 Å². The van der Waals surface area contributed by atoms with E-state index in [1.165, 1.54) is 0 Å². The summed E-state index contributed by atoms with van der Waals surface area (Å²) < 4.78 is 10.7. The van der Waals surface area contributed by atoms with E-state index in [1.807, 2.05) is 24.3 Å². The number of nitrogens with zero attached hydrogens (tertiary/aromatic N) is 1. The molecule has 1 aromatic rings. The third-order valence-corrected chi connectivity index (χ3v) is 3.19. The molecule has 1 amide bonds. The Morgan fingerprint density at radius 2 is 2.24 bits per heavy atom. The number of amides is 1. The minimum atomic E-state index is -0.528. The summed E-state index contributed by atoms with van der Waals surface area (Å²) in [5.41, 5.74) is 1.75. The molecule has 1 aliphatic rings. The molecule has 1 heterocycles. The predicted molar refractivity (Wildman–Crippen MR) is 77.4 cm³/mol. The Hall–Kier alpha value is -1.87. The molecule has 112 valence electrons. The summed E-state index contributed by atoms with van der Waals surface area (Å²) >= 11 is 0. The molecule has 0 aromatic heterocycles. The number of hydrogen-bond acceptors (Lipinski definition) is 4. The van der Waals surface area contributed by atoms with Crippen LogP contribution in [0.2, 0.25) is 0 Å². The first-order valence-corrected chi connectivity index (χ1v) is 6.84. The van der Waals surface area contributed by atoms with E-state index < -0.39 is 6.10 Å². The second-order valence-corrected chi connectivity index (χ2v) is 4.75. The minimum Gasteiger partial charge on any atom is -0.384 e. The lowest BCUT2D eigenvalue weighted by Gasteiger charge is -2.27. The molecule has 0 saturated carbocycles. The molecule has 1 aliphatic heterocycles. The van der Waals surface area contributed by atoms with Gasteiger partial charge in [-0.3, -0.25) is 4.79 Å². The van der Waals surface area contributed by atoms with Crippen molar-refractivity contribution in [3.05, 3.63) is 35.4 Å². The molecule has 21 heavy (non-hydrogen) atoms. The van der Waals surface area contributed by atoms with Crippen LogP contribution in [0, 0.1) is 11.8 Å². The van der Waals surface area contributed by atoms with Crippen LogP contribution in [-0.4, -0.2) is 55.5 Å². The SMILES string of the molecule is CN(Cc1ccccc1C#CCO)C(=O)C1COCCO1. The van der Waals surface area contributed by atoms with Gasteiger partial charge in [-0.05, 0) is 11.6 Å². The van der Waals surface area contributed by atoms with E-state index in [1.54, 1.807) is 11.9 Å². The maximum Gasteiger partial charge on any atom is 0.254 e. The van der Waals surface area contributed by atoms with Gasteiger partial charge in [0.15, 0.2) is 6.10 Å². The number of likely N-dealkylation sites (N-methyl/N-ethyl adjacent to an activating group) is 1. The highest BCUT2D eigenvalue weighted by molar-refractivity contribution is 5.81. The van der Waals surface area contributed by atoms with Gasteiger partial charge in [0, 0.05) is 19.2 Å². The van der Waals surface area contributed by atoms with Crippen molar-refractivity contribution in [2.75, 3.05) is 33.5 Å². The van der Waals surface area contributed by atoms with Crippen LogP contribution in [0.3, 0.4) is 0 Å². The summed E-state index contributed by atoms with van der Waals surface area (Å²) in [5.74, 6) is 5.42. The van der Waals surface area contributed by atoms with E-state index in [0.717, 1.165) is 11.1 Å². The zero-order chi connectivity index (χ0) is 15.1. The van der Waals surface area contributed by atoms with E-state index in [0.29, 0.717) is 26.4 Å². The molecule has 1 saturated heterocycles. The average molecular weight is 289 g/mol. The third kappa shape index (κ3) is 4.30. The number of aliphatic hydroxyl groups excluding tert-OH is 1. The van der Waals surface area contributed by atoms with Gasteiger partial charge in [0.25, 0.3) is 5.91 Å². The van der Waals surface area contributed by atoms with E-state index in [2.05, 4.69) is 11.8 Å². The van der Waals surface area contributed by atoms with Gasteiger partial charge >= 0.3 is 0 Å². The topological polar surface area (TPSA) is 59.0 Å². The van der Waals surface area contributed by atoms with Gasteiger partial charge in [-0.25, -0.2) is 0 Å². The highest BCUT2D eigenvalue weighted by Gasteiger charge is 2.25. The molecule has 0 aliphatic carbocycles. The highest BCUT2D eigenvalue weighted by atomic mass is 16.6. The summed E-state index contributed by atoms with van der Waals surface area (Å²) in [7, 11) is 1.73. The molecule has 5 heteroatoms. The molecule has 0 radical (unpaired) electrons. The van der Waals surface area contributed by atoms with Gasteiger partial charge < -0.3 is 19.5 Å². The normalized spacial score (nSPS) is 17.7. The van der Waals surface area contributed by atoms with Gasteiger partial charge in [-0.2, -0.15) is 0 Å². The number of ether oxygens (including phenoxy) is 2. The fourth-order valence-corrected chi connectivity index (χ4v) is 2.12. The zero-order valence-electron chi connectivity index (χ0n) is 12.0. The number of carbonyl (C=O) groups excluding carboxylic acids is 1. The molecule has 5 nitrogen and oxygen atoms in total. The Balaban J connectivity index is 2.05. The lowest BCUT2D eigenvalue weighted by Crippen LogP contribution is -2.43. The van der Waals surface area contributed by atoms with E-state index in [-0.39, 0.29) is 12.5 Å². The standard InChI is InChI=1S/C16H19NO4/c1-17(16(19)15-12-20-9-10-21-15)11-14-6-3-2-5-13(14)7-4-8-18/h2-3,5-6,15,18H,8-12H2,1H3. The molecule has 2 rings (SSSR count). The fraction of sp³-hybridized carbons (Fsp3) is 0.438. The Bertz CT molecular complexity index is 541. The maximum absolute atomic E-state index is 12.3. The third-order valence-electron chi connectivity index (χ3n) is 3.19. The quantitative estimate of drug-likeness (QED) is 0.819. The zero-order valence-corrected chi connectivity index (χ0v) is 12.0. The average Bonchev–Trinajstić information content (AvgIpc) is 2.54. The molecule has 1 N–H and O–H groups in total. The van der Waals surface area contributed by atoms with Crippen LogP contribution in [-0.2, 0) is 20.8 Å². The molecule has 0 spiro atoms.